The van der Waals surface area contributed by atoms with Crippen molar-refractivity contribution in [1.29, 1.82) is 0 Å². The van der Waals surface area contributed by atoms with Crippen LogP contribution in [0.15, 0.2) is 0 Å². The van der Waals surface area contributed by atoms with E-state index in [0.29, 0.717) is 11.8 Å². The minimum absolute atomic E-state index is 0.0445. The molecule has 1 aliphatic heterocycles. The summed E-state index contributed by atoms with van der Waals surface area (Å²) in [6.45, 7) is 5.07. The monoisotopic (exact) mass is 299 g/mol. The third-order valence-electron chi connectivity index (χ3n) is 3.90. The highest BCUT2D eigenvalue weighted by Gasteiger charge is 2.35. The van der Waals surface area contributed by atoms with Gasteiger partial charge in [0.25, 0.3) is 0 Å². The molecule has 6 heteroatoms. The number of ether oxygens (including phenoxy) is 1. The zero-order chi connectivity index (χ0) is 14.9. The van der Waals surface area contributed by atoms with E-state index < -0.39 is 0 Å². The highest BCUT2D eigenvalue weighted by molar-refractivity contribution is 6.30. The molecule has 1 saturated heterocycles. The molecule has 1 fully saturated rings. The lowest BCUT2D eigenvalue weighted by molar-refractivity contribution is -0.137. The predicted molar refractivity (Wildman–Crippen MR) is 77.7 cm³/mol. The Morgan fingerprint density at radius 2 is 2.30 bits per heavy atom. The van der Waals surface area contributed by atoms with Crippen LogP contribution >= 0.6 is 11.6 Å². The van der Waals surface area contributed by atoms with Crippen molar-refractivity contribution >= 4 is 17.5 Å². The molecule has 2 atom stereocenters. The number of halogens is 1. The SMILES string of the molecule is COC[C@@H](C)C(=O)N1CCC[C@H]1c1c(C)nn(C)c1Cl. The summed E-state index contributed by atoms with van der Waals surface area (Å²) in [5.74, 6) is 0.00465. The van der Waals surface area contributed by atoms with Crippen LogP contribution in [0.3, 0.4) is 0 Å². The summed E-state index contributed by atoms with van der Waals surface area (Å²) in [7, 11) is 3.45. The maximum atomic E-state index is 12.5. The summed E-state index contributed by atoms with van der Waals surface area (Å²) in [4.78, 5) is 14.5. The Morgan fingerprint density at radius 3 is 2.85 bits per heavy atom. The van der Waals surface area contributed by atoms with E-state index in [1.807, 2.05) is 25.8 Å². The molecule has 0 aliphatic carbocycles. The maximum Gasteiger partial charge on any atom is 0.228 e. The first-order chi connectivity index (χ1) is 9.47. The minimum atomic E-state index is -0.128. The quantitative estimate of drug-likeness (QED) is 0.857. The number of amides is 1. The lowest BCUT2D eigenvalue weighted by Gasteiger charge is -2.27. The standard InChI is InChI=1S/C14H22ClN3O2/c1-9(8-20-4)14(19)18-7-5-6-11(18)12-10(2)16-17(3)13(12)15/h9,11H,5-8H2,1-4H3/t9-,11+/m1/s1. The number of methoxy groups -OCH3 is 1. The third-order valence-corrected chi connectivity index (χ3v) is 4.35. The third kappa shape index (κ3) is 2.69. The summed E-state index contributed by atoms with van der Waals surface area (Å²) in [5.41, 5.74) is 1.89. The van der Waals surface area contributed by atoms with E-state index in [4.69, 9.17) is 16.3 Å². The lowest BCUT2D eigenvalue weighted by Crippen LogP contribution is -2.36. The van der Waals surface area contributed by atoms with Crippen molar-refractivity contribution in [2.24, 2.45) is 13.0 Å². The van der Waals surface area contributed by atoms with Gasteiger partial charge in [-0.15, -0.1) is 0 Å². The fraction of sp³-hybridized carbons (Fsp3) is 0.714. The first-order valence-electron chi connectivity index (χ1n) is 6.95. The molecule has 2 heterocycles. The van der Waals surface area contributed by atoms with Gasteiger partial charge in [-0.05, 0) is 19.8 Å². The Morgan fingerprint density at radius 1 is 1.60 bits per heavy atom. The molecule has 0 unspecified atom stereocenters. The van der Waals surface area contributed by atoms with Crippen molar-refractivity contribution in [3.8, 4) is 0 Å². The number of nitrogens with zero attached hydrogens (tertiary/aromatic N) is 3. The zero-order valence-electron chi connectivity index (χ0n) is 12.5. The van der Waals surface area contributed by atoms with Gasteiger partial charge in [-0.2, -0.15) is 5.10 Å². The Labute approximate surface area is 124 Å². The van der Waals surface area contributed by atoms with Gasteiger partial charge in [-0.3, -0.25) is 9.48 Å². The predicted octanol–water partition coefficient (Wildman–Crippen LogP) is 2.33. The number of hydrogen-bond acceptors (Lipinski definition) is 3. The number of aryl methyl sites for hydroxylation is 2. The fourth-order valence-corrected chi connectivity index (χ4v) is 3.26. The van der Waals surface area contributed by atoms with Crippen molar-refractivity contribution in [3.63, 3.8) is 0 Å². The van der Waals surface area contributed by atoms with E-state index in [2.05, 4.69) is 5.10 Å². The topological polar surface area (TPSA) is 47.4 Å². The molecule has 0 bridgehead atoms. The van der Waals surface area contributed by atoms with Crippen molar-refractivity contribution in [1.82, 2.24) is 14.7 Å². The Bertz CT molecular complexity index is 501. The van der Waals surface area contributed by atoms with Crippen molar-refractivity contribution in [2.75, 3.05) is 20.3 Å². The maximum absolute atomic E-state index is 12.5. The molecule has 1 amide bonds. The Hall–Kier alpha value is -1.07. The van der Waals surface area contributed by atoms with Crippen molar-refractivity contribution < 1.29 is 9.53 Å². The van der Waals surface area contributed by atoms with E-state index in [9.17, 15) is 4.79 Å². The van der Waals surface area contributed by atoms with Gasteiger partial charge in [0.1, 0.15) is 5.15 Å². The first-order valence-corrected chi connectivity index (χ1v) is 7.33. The molecule has 0 saturated carbocycles. The molecule has 1 aromatic heterocycles. The van der Waals surface area contributed by atoms with Crippen LogP contribution < -0.4 is 0 Å². The van der Waals surface area contributed by atoms with Gasteiger partial charge >= 0.3 is 0 Å². The Balaban J connectivity index is 2.25. The van der Waals surface area contributed by atoms with Crippen LogP contribution in [0.4, 0.5) is 0 Å². The van der Waals surface area contributed by atoms with Gasteiger partial charge in [-0.1, -0.05) is 18.5 Å². The van der Waals surface area contributed by atoms with Crippen LogP contribution in [0.25, 0.3) is 0 Å². The largest absolute Gasteiger partial charge is 0.384 e. The summed E-state index contributed by atoms with van der Waals surface area (Å²) >= 11 is 6.34. The normalized spacial score (nSPS) is 20.4. The second-order valence-electron chi connectivity index (χ2n) is 5.46. The average Bonchev–Trinajstić information content (AvgIpc) is 2.95. The molecule has 2 rings (SSSR count). The molecule has 1 aromatic rings. The lowest BCUT2D eigenvalue weighted by atomic mass is 10.0. The smallest absolute Gasteiger partial charge is 0.228 e. The highest BCUT2D eigenvalue weighted by Crippen LogP contribution is 2.38. The molecule has 1 aliphatic rings. The molecule has 20 heavy (non-hydrogen) atoms. The van der Waals surface area contributed by atoms with Crippen molar-refractivity contribution in [2.45, 2.75) is 32.7 Å². The number of carbonyl (C=O) groups excluding carboxylic acids is 1. The molecule has 0 spiro atoms. The van der Waals surface area contributed by atoms with Crippen LogP contribution in [0.1, 0.15) is 37.1 Å². The number of aromatic nitrogens is 2. The molecule has 0 radical (unpaired) electrons. The van der Waals surface area contributed by atoms with Gasteiger partial charge < -0.3 is 9.64 Å². The van der Waals surface area contributed by atoms with E-state index in [1.54, 1.807) is 11.8 Å². The summed E-state index contributed by atoms with van der Waals surface area (Å²) < 4.78 is 6.76. The molecular formula is C14H22ClN3O2. The second-order valence-corrected chi connectivity index (χ2v) is 5.82. The first kappa shape index (κ1) is 15.3. The van der Waals surface area contributed by atoms with Crippen LogP contribution in [-0.4, -0.2) is 40.8 Å². The average molecular weight is 300 g/mol. The van der Waals surface area contributed by atoms with Gasteiger partial charge in [-0.25, -0.2) is 0 Å². The second kappa shape index (κ2) is 6.14. The van der Waals surface area contributed by atoms with Crippen LogP contribution in [-0.2, 0) is 16.6 Å². The van der Waals surface area contributed by atoms with E-state index in [1.165, 1.54) is 0 Å². The van der Waals surface area contributed by atoms with Crippen LogP contribution in [0.2, 0.25) is 5.15 Å². The number of likely N-dealkylation sites (tertiary alicyclic amines) is 1. The summed E-state index contributed by atoms with van der Waals surface area (Å²) in [6, 6.07) is 0.0445. The van der Waals surface area contributed by atoms with Gasteiger partial charge in [0.05, 0.1) is 24.3 Å². The number of hydrogen-bond donors (Lipinski definition) is 0. The number of carbonyl (C=O) groups is 1. The number of rotatable bonds is 4. The van der Waals surface area contributed by atoms with E-state index in [0.717, 1.165) is 30.6 Å². The van der Waals surface area contributed by atoms with E-state index in [-0.39, 0.29) is 17.9 Å². The van der Waals surface area contributed by atoms with E-state index >= 15 is 0 Å². The van der Waals surface area contributed by atoms with Crippen LogP contribution in [0, 0.1) is 12.8 Å². The highest BCUT2D eigenvalue weighted by atomic mass is 35.5. The van der Waals surface area contributed by atoms with Gasteiger partial charge in [0.15, 0.2) is 0 Å². The van der Waals surface area contributed by atoms with Crippen molar-refractivity contribution in [3.05, 3.63) is 16.4 Å². The molecule has 5 nitrogen and oxygen atoms in total. The Kier molecular flexibility index (Phi) is 4.70. The van der Waals surface area contributed by atoms with Gasteiger partial charge in [0, 0.05) is 26.3 Å². The summed E-state index contributed by atoms with van der Waals surface area (Å²) in [6.07, 6.45) is 1.94. The molecule has 0 N–H and O–H groups in total. The fourth-order valence-electron chi connectivity index (χ4n) is 2.96. The molecule has 0 aromatic carbocycles. The zero-order valence-corrected chi connectivity index (χ0v) is 13.3. The molecule has 112 valence electrons. The summed E-state index contributed by atoms with van der Waals surface area (Å²) in [5, 5.41) is 4.98. The molecular weight excluding hydrogens is 278 g/mol. The van der Waals surface area contributed by atoms with Gasteiger partial charge in [0.2, 0.25) is 5.91 Å². The van der Waals surface area contributed by atoms with Crippen LogP contribution in [0.5, 0.6) is 0 Å². The minimum Gasteiger partial charge on any atom is -0.384 e.